The maximum atomic E-state index is 11.7. The molecule has 1 aliphatic rings. The SMILES string of the molecule is CCC/C(N)=C1/CC(C(=O)Cl)CCC1C(=O)OC. The molecule has 2 unspecified atom stereocenters. The van der Waals surface area contributed by atoms with Crippen molar-refractivity contribution in [1.82, 2.24) is 0 Å². The van der Waals surface area contributed by atoms with Gasteiger partial charge in [-0.15, -0.1) is 0 Å². The van der Waals surface area contributed by atoms with Crippen LogP contribution in [0.25, 0.3) is 0 Å². The van der Waals surface area contributed by atoms with E-state index in [1.807, 2.05) is 6.92 Å². The molecule has 2 atom stereocenters. The second kappa shape index (κ2) is 6.78. The molecule has 0 radical (unpaired) electrons. The number of rotatable bonds is 4. The molecule has 1 rings (SSSR count). The van der Waals surface area contributed by atoms with Gasteiger partial charge in [-0.2, -0.15) is 0 Å². The number of nitrogens with two attached hydrogens (primary N) is 1. The number of hydrogen-bond donors (Lipinski definition) is 1. The van der Waals surface area contributed by atoms with Crippen molar-refractivity contribution in [3.63, 3.8) is 0 Å². The smallest absolute Gasteiger partial charge is 0.312 e. The minimum absolute atomic E-state index is 0.224. The van der Waals surface area contributed by atoms with Crippen LogP contribution in [0.5, 0.6) is 0 Å². The van der Waals surface area contributed by atoms with Crippen LogP contribution in [-0.4, -0.2) is 18.3 Å². The standard InChI is InChI=1S/C13H20ClNO3/c1-3-4-11(15)10-7-8(12(14)16)5-6-9(10)13(17)18-2/h8-9H,3-7,15H2,1-2H3/b11-10+. The van der Waals surface area contributed by atoms with Crippen molar-refractivity contribution in [2.45, 2.75) is 39.0 Å². The Morgan fingerprint density at radius 2 is 2.11 bits per heavy atom. The van der Waals surface area contributed by atoms with E-state index in [2.05, 4.69) is 0 Å². The van der Waals surface area contributed by atoms with Crippen LogP contribution >= 0.6 is 11.6 Å². The molecule has 2 N–H and O–H groups in total. The van der Waals surface area contributed by atoms with Crippen LogP contribution in [0, 0.1) is 11.8 Å². The molecule has 1 aliphatic carbocycles. The summed E-state index contributed by atoms with van der Waals surface area (Å²) < 4.78 is 4.80. The average Bonchev–Trinajstić information content (AvgIpc) is 2.37. The van der Waals surface area contributed by atoms with E-state index in [0.717, 1.165) is 18.4 Å². The highest BCUT2D eigenvalue weighted by atomic mass is 35.5. The summed E-state index contributed by atoms with van der Waals surface area (Å²) in [5.74, 6) is -0.809. The van der Waals surface area contributed by atoms with Crippen molar-refractivity contribution in [3.8, 4) is 0 Å². The lowest BCUT2D eigenvalue weighted by atomic mass is 9.77. The molecule has 0 amide bonds. The molecule has 1 fully saturated rings. The molecule has 5 heteroatoms. The van der Waals surface area contributed by atoms with Crippen LogP contribution in [-0.2, 0) is 14.3 Å². The quantitative estimate of drug-likeness (QED) is 0.631. The lowest BCUT2D eigenvalue weighted by Crippen LogP contribution is -2.29. The Bertz CT molecular complexity index is 365. The van der Waals surface area contributed by atoms with Gasteiger partial charge in [0.2, 0.25) is 5.24 Å². The Hall–Kier alpha value is -1.03. The van der Waals surface area contributed by atoms with Crippen molar-refractivity contribution in [3.05, 3.63) is 11.3 Å². The normalized spacial score (nSPS) is 26.6. The zero-order valence-electron chi connectivity index (χ0n) is 10.9. The largest absolute Gasteiger partial charge is 0.469 e. The molecule has 0 aromatic heterocycles. The Morgan fingerprint density at radius 1 is 1.44 bits per heavy atom. The van der Waals surface area contributed by atoms with Crippen molar-refractivity contribution in [2.75, 3.05) is 7.11 Å². The minimum Gasteiger partial charge on any atom is -0.469 e. The summed E-state index contributed by atoms with van der Waals surface area (Å²) in [6, 6.07) is 0. The third-order valence-electron chi connectivity index (χ3n) is 3.43. The van der Waals surface area contributed by atoms with E-state index in [0.29, 0.717) is 25.0 Å². The Balaban J connectivity index is 2.96. The second-order valence-electron chi connectivity index (χ2n) is 4.66. The van der Waals surface area contributed by atoms with Gasteiger partial charge in [0.15, 0.2) is 0 Å². The maximum absolute atomic E-state index is 11.7. The first-order valence-electron chi connectivity index (χ1n) is 6.25. The number of carbonyl (C=O) groups excluding carboxylic acids is 2. The zero-order valence-corrected chi connectivity index (χ0v) is 11.6. The average molecular weight is 274 g/mol. The zero-order chi connectivity index (χ0) is 13.7. The molecule has 0 aromatic carbocycles. The minimum atomic E-state index is -0.347. The topological polar surface area (TPSA) is 69.4 Å². The summed E-state index contributed by atoms with van der Waals surface area (Å²) >= 11 is 5.55. The molecule has 0 aromatic rings. The van der Waals surface area contributed by atoms with Crippen LogP contribution in [0.15, 0.2) is 11.3 Å². The number of allylic oxidation sites excluding steroid dienone is 1. The first-order valence-corrected chi connectivity index (χ1v) is 6.63. The fourth-order valence-corrected chi connectivity index (χ4v) is 2.62. The van der Waals surface area contributed by atoms with Crippen molar-refractivity contribution in [1.29, 1.82) is 0 Å². The van der Waals surface area contributed by atoms with E-state index in [1.54, 1.807) is 0 Å². The van der Waals surface area contributed by atoms with E-state index >= 15 is 0 Å². The fraction of sp³-hybridized carbons (Fsp3) is 0.692. The van der Waals surface area contributed by atoms with Crippen LogP contribution in [0.1, 0.15) is 39.0 Å². The number of ether oxygens (including phenoxy) is 1. The van der Waals surface area contributed by atoms with Gasteiger partial charge in [-0.25, -0.2) is 0 Å². The van der Waals surface area contributed by atoms with Crippen LogP contribution < -0.4 is 5.73 Å². The van der Waals surface area contributed by atoms with Gasteiger partial charge in [-0.1, -0.05) is 13.3 Å². The van der Waals surface area contributed by atoms with Gasteiger partial charge in [0.25, 0.3) is 0 Å². The number of hydrogen-bond acceptors (Lipinski definition) is 4. The highest BCUT2D eigenvalue weighted by Crippen LogP contribution is 2.37. The molecule has 1 saturated carbocycles. The van der Waals surface area contributed by atoms with Crippen LogP contribution in [0.3, 0.4) is 0 Å². The summed E-state index contributed by atoms with van der Waals surface area (Å²) in [7, 11) is 1.37. The van der Waals surface area contributed by atoms with Gasteiger partial charge in [-0.3, -0.25) is 9.59 Å². The van der Waals surface area contributed by atoms with Gasteiger partial charge < -0.3 is 10.5 Å². The molecule has 18 heavy (non-hydrogen) atoms. The Kier molecular flexibility index (Phi) is 5.66. The molecule has 4 nitrogen and oxygen atoms in total. The summed E-state index contributed by atoms with van der Waals surface area (Å²) in [6.45, 7) is 2.02. The van der Waals surface area contributed by atoms with Gasteiger partial charge in [0.05, 0.1) is 13.0 Å². The maximum Gasteiger partial charge on any atom is 0.312 e. The van der Waals surface area contributed by atoms with Gasteiger partial charge in [0, 0.05) is 11.6 Å². The third kappa shape index (κ3) is 3.48. The van der Waals surface area contributed by atoms with Crippen molar-refractivity contribution >= 4 is 22.8 Å². The van der Waals surface area contributed by atoms with Gasteiger partial charge in [0.1, 0.15) is 0 Å². The van der Waals surface area contributed by atoms with Crippen LogP contribution in [0.2, 0.25) is 0 Å². The van der Waals surface area contributed by atoms with Gasteiger partial charge >= 0.3 is 5.97 Å². The van der Waals surface area contributed by atoms with E-state index < -0.39 is 0 Å². The first kappa shape index (κ1) is 15.0. The summed E-state index contributed by atoms with van der Waals surface area (Å²) in [5, 5.41) is -0.347. The number of halogens is 1. The number of carbonyl (C=O) groups is 2. The molecular formula is C13H20ClNO3. The lowest BCUT2D eigenvalue weighted by Gasteiger charge is -2.29. The highest BCUT2D eigenvalue weighted by molar-refractivity contribution is 6.64. The van der Waals surface area contributed by atoms with E-state index in [1.165, 1.54) is 7.11 Å². The molecule has 0 saturated heterocycles. The van der Waals surface area contributed by atoms with Crippen molar-refractivity contribution in [2.24, 2.45) is 17.6 Å². The lowest BCUT2D eigenvalue weighted by molar-refractivity contribution is -0.145. The predicted molar refractivity (Wildman–Crippen MR) is 69.8 cm³/mol. The molecular weight excluding hydrogens is 254 g/mol. The second-order valence-corrected chi connectivity index (χ2v) is 5.03. The predicted octanol–water partition coefficient (Wildman–Crippen LogP) is 2.35. The third-order valence-corrected chi connectivity index (χ3v) is 3.74. The van der Waals surface area contributed by atoms with Gasteiger partial charge in [-0.05, 0) is 42.9 Å². The number of methoxy groups -OCH3 is 1. The monoisotopic (exact) mass is 273 g/mol. The molecule has 0 spiro atoms. The molecule has 0 heterocycles. The molecule has 102 valence electrons. The number of esters is 1. The summed E-state index contributed by atoms with van der Waals surface area (Å²) in [5.41, 5.74) is 7.57. The molecule has 0 bridgehead atoms. The van der Waals surface area contributed by atoms with Crippen molar-refractivity contribution < 1.29 is 14.3 Å². The van der Waals surface area contributed by atoms with Crippen LogP contribution in [0.4, 0.5) is 0 Å². The fourth-order valence-electron chi connectivity index (χ4n) is 2.43. The van der Waals surface area contributed by atoms with E-state index in [-0.39, 0.29) is 23.0 Å². The highest BCUT2D eigenvalue weighted by Gasteiger charge is 2.34. The Labute approximate surface area is 113 Å². The Morgan fingerprint density at radius 3 is 2.61 bits per heavy atom. The first-order chi connectivity index (χ1) is 8.51. The summed E-state index contributed by atoms with van der Waals surface area (Å²) in [6.07, 6.45) is 3.31. The summed E-state index contributed by atoms with van der Waals surface area (Å²) in [4.78, 5) is 23.0. The molecule has 0 aliphatic heterocycles. The van der Waals surface area contributed by atoms with E-state index in [9.17, 15) is 9.59 Å². The van der Waals surface area contributed by atoms with E-state index in [4.69, 9.17) is 22.1 Å².